The molecule has 1 aliphatic rings. The number of benzene rings is 1. The molecular formula is C17H20N4. The Morgan fingerprint density at radius 1 is 1.24 bits per heavy atom. The summed E-state index contributed by atoms with van der Waals surface area (Å²) in [5.41, 5.74) is 3.39. The zero-order valence-corrected chi connectivity index (χ0v) is 12.4. The van der Waals surface area contributed by atoms with Gasteiger partial charge in [0, 0.05) is 19.8 Å². The van der Waals surface area contributed by atoms with E-state index in [0.717, 1.165) is 25.2 Å². The summed E-state index contributed by atoms with van der Waals surface area (Å²) in [6, 6.07) is 10.1. The highest BCUT2D eigenvalue weighted by atomic mass is 15.2. The second kappa shape index (κ2) is 6.11. The molecule has 4 heteroatoms. The summed E-state index contributed by atoms with van der Waals surface area (Å²) in [6.45, 7) is 3.23. The third-order valence-electron chi connectivity index (χ3n) is 4.27. The van der Waals surface area contributed by atoms with Gasteiger partial charge >= 0.3 is 0 Å². The van der Waals surface area contributed by atoms with Crippen LogP contribution in [0.5, 0.6) is 0 Å². The van der Waals surface area contributed by atoms with Gasteiger partial charge in [-0.05, 0) is 55.1 Å². The summed E-state index contributed by atoms with van der Waals surface area (Å²) in [5, 5.41) is 13.1. The Balaban J connectivity index is 1.54. The van der Waals surface area contributed by atoms with Gasteiger partial charge in [0.1, 0.15) is 0 Å². The largest absolute Gasteiger partial charge is 0.299 e. The van der Waals surface area contributed by atoms with Crippen molar-refractivity contribution in [2.24, 2.45) is 7.05 Å². The molecule has 0 aliphatic carbocycles. The van der Waals surface area contributed by atoms with Gasteiger partial charge in [0.15, 0.2) is 0 Å². The van der Waals surface area contributed by atoms with Crippen LogP contribution in [0.15, 0.2) is 36.7 Å². The Bertz CT molecular complexity index is 628. The van der Waals surface area contributed by atoms with Crippen molar-refractivity contribution in [2.75, 3.05) is 13.1 Å². The predicted molar refractivity (Wildman–Crippen MR) is 81.6 cm³/mol. The maximum atomic E-state index is 8.82. The van der Waals surface area contributed by atoms with E-state index in [1.807, 2.05) is 30.1 Å². The average Bonchev–Trinajstić information content (AvgIpc) is 2.95. The summed E-state index contributed by atoms with van der Waals surface area (Å²) in [6.07, 6.45) is 6.53. The number of rotatable bonds is 3. The lowest BCUT2D eigenvalue weighted by molar-refractivity contribution is 0.204. The third-order valence-corrected chi connectivity index (χ3v) is 4.27. The first kappa shape index (κ1) is 13.8. The maximum absolute atomic E-state index is 8.82. The van der Waals surface area contributed by atoms with Crippen molar-refractivity contribution in [1.29, 1.82) is 5.26 Å². The van der Waals surface area contributed by atoms with Gasteiger partial charge in [-0.2, -0.15) is 10.4 Å². The second-order valence-corrected chi connectivity index (χ2v) is 5.81. The summed E-state index contributed by atoms with van der Waals surface area (Å²) in [4.78, 5) is 2.49. The van der Waals surface area contributed by atoms with Crippen LogP contribution in [0, 0.1) is 11.3 Å². The topological polar surface area (TPSA) is 44.9 Å². The molecule has 0 bridgehead atoms. The Morgan fingerprint density at radius 2 is 1.95 bits per heavy atom. The number of nitrogens with zero attached hydrogens (tertiary/aromatic N) is 4. The summed E-state index contributed by atoms with van der Waals surface area (Å²) in [7, 11) is 1.98. The van der Waals surface area contributed by atoms with Crippen molar-refractivity contribution in [1.82, 2.24) is 14.7 Å². The normalized spacial score (nSPS) is 16.8. The van der Waals surface area contributed by atoms with E-state index in [4.69, 9.17) is 5.26 Å². The van der Waals surface area contributed by atoms with Crippen LogP contribution in [0.25, 0.3) is 0 Å². The number of aryl methyl sites for hydroxylation is 1. The standard InChI is InChI=1S/C17H20N4/c1-20-13-17(11-19-20)16-6-8-21(9-7-16)12-15-4-2-14(10-18)3-5-15/h2-5,11,13,16H,6-9,12H2,1H3. The maximum Gasteiger partial charge on any atom is 0.0991 e. The van der Waals surface area contributed by atoms with E-state index >= 15 is 0 Å². The minimum atomic E-state index is 0.649. The van der Waals surface area contributed by atoms with Gasteiger partial charge in [0.25, 0.3) is 0 Å². The van der Waals surface area contributed by atoms with Gasteiger partial charge in [-0.25, -0.2) is 0 Å². The van der Waals surface area contributed by atoms with E-state index in [1.165, 1.54) is 24.0 Å². The van der Waals surface area contributed by atoms with Crippen LogP contribution >= 0.6 is 0 Å². The molecule has 0 unspecified atom stereocenters. The van der Waals surface area contributed by atoms with Gasteiger partial charge in [-0.1, -0.05) is 12.1 Å². The molecule has 108 valence electrons. The van der Waals surface area contributed by atoms with Crippen molar-refractivity contribution < 1.29 is 0 Å². The number of aromatic nitrogens is 2. The van der Waals surface area contributed by atoms with E-state index in [9.17, 15) is 0 Å². The minimum Gasteiger partial charge on any atom is -0.299 e. The van der Waals surface area contributed by atoms with Gasteiger partial charge < -0.3 is 0 Å². The quantitative estimate of drug-likeness (QED) is 0.868. The molecule has 0 saturated carbocycles. The van der Waals surface area contributed by atoms with Crippen molar-refractivity contribution in [2.45, 2.75) is 25.3 Å². The van der Waals surface area contributed by atoms with Gasteiger partial charge in [0.2, 0.25) is 0 Å². The predicted octanol–water partition coefficient (Wildman–Crippen LogP) is 2.67. The zero-order chi connectivity index (χ0) is 14.7. The van der Waals surface area contributed by atoms with Crippen molar-refractivity contribution in [3.8, 4) is 6.07 Å². The molecule has 0 atom stereocenters. The van der Waals surface area contributed by atoms with Crippen molar-refractivity contribution in [3.05, 3.63) is 53.3 Å². The van der Waals surface area contributed by atoms with E-state index in [-0.39, 0.29) is 0 Å². The number of hydrogen-bond donors (Lipinski definition) is 0. The molecule has 0 amide bonds. The molecule has 2 heterocycles. The molecule has 0 spiro atoms. The average molecular weight is 280 g/mol. The number of hydrogen-bond acceptors (Lipinski definition) is 3. The zero-order valence-electron chi connectivity index (χ0n) is 12.4. The lowest BCUT2D eigenvalue weighted by Crippen LogP contribution is -2.32. The Kier molecular flexibility index (Phi) is 4.03. The fourth-order valence-corrected chi connectivity index (χ4v) is 3.02. The first-order chi connectivity index (χ1) is 10.2. The van der Waals surface area contributed by atoms with E-state index < -0.39 is 0 Å². The van der Waals surface area contributed by atoms with Gasteiger partial charge in [-0.15, -0.1) is 0 Å². The summed E-state index contributed by atoms with van der Waals surface area (Å²) < 4.78 is 1.89. The molecular weight excluding hydrogens is 260 g/mol. The Morgan fingerprint density at radius 3 is 2.52 bits per heavy atom. The molecule has 3 rings (SSSR count). The van der Waals surface area contributed by atoms with Crippen LogP contribution in [-0.2, 0) is 13.6 Å². The van der Waals surface area contributed by atoms with Crippen LogP contribution in [0.1, 0.15) is 35.4 Å². The monoisotopic (exact) mass is 280 g/mol. The van der Waals surface area contributed by atoms with E-state index in [0.29, 0.717) is 5.92 Å². The van der Waals surface area contributed by atoms with Gasteiger partial charge in [0.05, 0.1) is 17.8 Å². The molecule has 0 N–H and O–H groups in total. The van der Waals surface area contributed by atoms with E-state index in [2.05, 4.69) is 34.4 Å². The highest BCUT2D eigenvalue weighted by Gasteiger charge is 2.21. The molecule has 1 aromatic heterocycles. The first-order valence-electron chi connectivity index (χ1n) is 7.44. The second-order valence-electron chi connectivity index (χ2n) is 5.81. The SMILES string of the molecule is Cn1cc(C2CCN(Cc3ccc(C#N)cc3)CC2)cn1. The third kappa shape index (κ3) is 3.32. The molecule has 0 radical (unpaired) electrons. The highest BCUT2D eigenvalue weighted by molar-refractivity contribution is 5.31. The number of likely N-dealkylation sites (tertiary alicyclic amines) is 1. The molecule has 4 nitrogen and oxygen atoms in total. The fourth-order valence-electron chi connectivity index (χ4n) is 3.02. The van der Waals surface area contributed by atoms with Crippen molar-refractivity contribution >= 4 is 0 Å². The molecule has 1 saturated heterocycles. The van der Waals surface area contributed by atoms with Crippen molar-refractivity contribution in [3.63, 3.8) is 0 Å². The summed E-state index contributed by atoms with van der Waals surface area (Å²) in [5.74, 6) is 0.649. The molecule has 1 aliphatic heterocycles. The van der Waals surface area contributed by atoms with E-state index in [1.54, 1.807) is 0 Å². The lowest BCUT2D eigenvalue weighted by Gasteiger charge is -2.31. The molecule has 1 fully saturated rings. The first-order valence-corrected chi connectivity index (χ1v) is 7.44. The number of nitriles is 1. The van der Waals surface area contributed by atoms with Crippen LogP contribution in [-0.4, -0.2) is 27.8 Å². The van der Waals surface area contributed by atoms with Crippen LogP contribution in [0.4, 0.5) is 0 Å². The molecule has 2 aromatic rings. The molecule has 1 aromatic carbocycles. The van der Waals surface area contributed by atoms with Crippen LogP contribution in [0.2, 0.25) is 0 Å². The lowest BCUT2D eigenvalue weighted by atomic mass is 9.91. The molecule has 21 heavy (non-hydrogen) atoms. The Labute approximate surface area is 125 Å². The van der Waals surface area contributed by atoms with Crippen LogP contribution < -0.4 is 0 Å². The van der Waals surface area contributed by atoms with Crippen LogP contribution in [0.3, 0.4) is 0 Å². The fraction of sp³-hybridized carbons (Fsp3) is 0.412. The van der Waals surface area contributed by atoms with Gasteiger partial charge in [-0.3, -0.25) is 9.58 Å². The summed E-state index contributed by atoms with van der Waals surface area (Å²) >= 11 is 0. The smallest absolute Gasteiger partial charge is 0.0991 e. The number of piperidine rings is 1. The minimum absolute atomic E-state index is 0.649. The Hall–Kier alpha value is -2.12. The highest BCUT2D eigenvalue weighted by Crippen LogP contribution is 2.28.